The summed E-state index contributed by atoms with van der Waals surface area (Å²) in [6, 6.07) is 0. The van der Waals surface area contributed by atoms with Crippen LogP contribution in [0.3, 0.4) is 0 Å². The first kappa shape index (κ1) is 13.5. The number of rotatable bonds is 4. The van der Waals surface area contributed by atoms with E-state index < -0.39 is 11.5 Å². The molecule has 94 valence electrons. The Hall–Kier alpha value is -0.610. The van der Waals surface area contributed by atoms with E-state index in [-0.39, 0.29) is 0 Å². The lowest BCUT2D eigenvalue weighted by atomic mass is 9.94. The number of carboxylic acid groups (broad SMARTS) is 1. The first-order chi connectivity index (χ1) is 7.34. The maximum atomic E-state index is 11.1. The Morgan fingerprint density at radius 1 is 1.44 bits per heavy atom. The number of aliphatic carboxylic acids is 1. The molecule has 1 N–H and O–H groups in total. The third-order valence-electron chi connectivity index (χ3n) is 3.85. The average Bonchev–Trinajstić information content (AvgIpc) is 2.21. The predicted molar refractivity (Wildman–Crippen MR) is 64.6 cm³/mol. The number of hydrogen-bond donors (Lipinski definition) is 1. The van der Waals surface area contributed by atoms with Crippen molar-refractivity contribution in [1.29, 1.82) is 0 Å². The van der Waals surface area contributed by atoms with Crippen molar-refractivity contribution < 1.29 is 9.90 Å². The van der Waals surface area contributed by atoms with Crippen LogP contribution in [0.4, 0.5) is 0 Å². The van der Waals surface area contributed by atoms with E-state index in [0.29, 0.717) is 5.92 Å². The van der Waals surface area contributed by atoms with E-state index in [9.17, 15) is 4.79 Å². The average molecular weight is 228 g/mol. The van der Waals surface area contributed by atoms with Gasteiger partial charge in [0.2, 0.25) is 0 Å². The second kappa shape index (κ2) is 5.15. The lowest BCUT2D eigenvalue weighted by molar-refractivity contribution is -0.148. The van der Waals surface area contributed by atoms with Gasteiger partial charge in [0.1, 0.15) is 5.54 Å². The van der Waals surface area contributed by atoms with Crippen LogP contribution in [0.15, 0.2) is 0 Å². The predicted octanol–water partition coefficient (Wildman–Crippen LogP) is 1.12. The van der Waals surface area contributed by atoms with Crippen LogP contribution < -0.4 is 0 Å². The fourth-order valence-electron chi connectivity index (χ4n) is 2.02. The monoisotopic (exact) mass is 228 g/mol. The second-order valence-electron chi connectivity index (χ2n) is 5.49. The van der Waals surface area contributed by atoms with Gasteiger partial charge in [0.05, 0.1) is 0 Å². The summed E-state index contributed by atoms with van der Waals surface area (Å²) >= 11 is 0. The van der Waals surface area contributed by atoms with Gasteiger partial charge in [0.25, 0.3) is 0 Å². The number of likely N-dealkylation sites (N-methyl/N-ethyl adjacent to an activating group) is 1. The summed E-state index contributed by atoms with van der Waals surface area (Å²) in [4.78, 5) is 15.4. The van der Waals surface area contributed by atoms with Gasteiger partial charge in [-0.05, 0) is 59.8 Å². The largest absolute Gasteiger partial charge is 0.480 e. The molecule has 0 aromatic rings. The van der Waals surface area contributed by atoms with Crippen molar-refractivity contribution in [3.8, 4) is 0 Å². The summed E-state index contributed by atoms with van der Waals surface area (Å²) < 4.78 is 0. The Morgan fingerprint density at radius 3 is 2.38 bits per heavy atom. The van der Waals surface area contributed by atoms with Crippen molar-refractivity contribution in [3.63, 3.8) is 0 Å². The van der Waals surface area contributed by atoms with E-state index in [2.05, 4.69) is 11.9 Å². The molecule has 0 saturated carbocycles. The highest BCUT2D eigenvalue weighted by molar-refractivity contribution is 5.77. The molecule has 16 heavy (non-hydrogen) atoms. The number of carboxylic acids is 1. The lowest BCUT2D eigenvalue weighted by Gasteiger charge is -2.37. The topological polar surface area (TPSA) is 43.8 Å². The second-order valence-corrected chi connectivity index (χ2v) is 5.49. The van der Waals surface area contributed by atoms with Crippen molar-refractivity contribution >= 4 is 5.97 Å². The number of piperidine rings is 1. The highest BCUT2D eigenvalue weighted by Crippen LogP contribution is 2.21. The lowest BCUT2D eigenvalue weighted by Crippen LogP contribution is -2.50. The first-order valence-electron chi connectivity index (χ1n) is 5.97. The van der Waals surface area contributed by atoms with Gasteiger partial charge in [0, 0.05) is 6.54 Å². The Morgan fingerprint density at radius 2 is 1.94 bits per heavy atom. The molecule has 1 saturated heterocycles. The summed E-state index contributed by atoms with van der Waals surface area (Å²) in [5, 5.41) is 9.13. The molecule has 1 aliphatic heterocycles. The molecule has 0 amide bonds. The third-order valence-corrected chi connectivity index (χ3v) is 3.85. The minimum Gasteiger partial charge on any atom is -0.480 e. The minimum absolute atomic E-state index is 0.639. The fourth-order valence-corrected chi connectivity index (χ4v) is 2.02. The van der Waals surface area contributed by atoms with Crippen LogP contribution in [0.5, 0.6) is 0 Å². The number of nitrogens with zero attached hydrogens (tertiary/aromatic N) is 2. The van der Waals surface area contributed by atoms with Crippen LogP contribution in [0.2, 0.25) is 0 Å². The Labute approximate surface area is 98.2 Å². The van der Waals surface area contributed by atoms with Gasteiger partial charge in [-0.1, -0.05) is 0 Å². The molecule has 0 atom stereocenters. The quantitative estimate of drug-likeness (QED) is 0.783. The zero-order valence-corrected chi connectivity index (χ0v) is 10.9. The van der Waals surface area contributed by atoms with Crippen molar-refractivity contribution in [1.82, 2.24) is 9.80 Å². The number of hydrogen-bond acceptors (Lipinski definition) is 3. The summed E-state index contributed by atoms with van der Waals surface area (Å²) in [5.41, 5.74) is -0.761. The molecule has 4 nitrogen and oxygen atoms in total. The van der Waals surface area contributed by atoms with Crippen LogP contribution in [0, 0.1) is 5.92 Å². The standard InChI is InChI=1S/C12H24N2O2/c1-12(2,11(15)16)14(4)9-10-5-7-13(3)8-6-10/h10H,5-9H2,1-4H3,(H,15,16). The van der Waals surface area contributed by atoms with Gasteiger partial charge < -0.3 is 10.0 Å². The maximum absolute atomic E-state index is 11.1. The molecule has 4 heteroatoms. The molecule has 1 aliphatic rings. The molecular formula is C12H24N2O2. The summed E-state index contributed by atoms with van der Waals surface area (Å²) in [6.07, 6.45) is 2.35. The minimum atomic E-state index is -0.761. The SMILES string of the molecule is CN1CCC(CN(C)C(C)(C)C(=O)O)CC1. The van der Waals surface area contributed by atoms with Crippen LogP contribution >= 0.6 is 0 Å². The molecule has 0 aromatic heterocycles. The van der Waals surface area contributed by atoms with Crippen molar-refractivity contribution in [2.45, 2.75) is 32.2 Å². The van der Waals surface area contributed by atoms with E-state index in [4.69, 9.17) is 5.11 Å². The van der Waals surface area contributed by atoms with Gasteiger partial charge in [-0.3, -0.25) is 9.69 Å². The van der Waals surface area contributed by atoms with Crippen molar-refractivity contribution in [2.24, 2.45) is 5.92 Å². The molecule has 0 radical (unpaired) electrons. The van der Waals surface area contributed by atoms with Gasteiger partial charge in [-0.25, -0.2) is 0 Å². The van der Waals surface area contributed by atoms with E-state index in [1.54, 1.807) is 13.8 Å². The van der Waals surface area contributed by atoms with Crippen LogP contribution in [0.1, 0.15) is 26.7 Å². The van der Waals surface area contributed by atoms with E-state index in [0.717, 1.165) is 19.6 Å². The molecule has 0 bridgehead atoms. The highest BCUT2D eigenvalue weighted by atomic mass is 16.4. The Balaban J connectivity index is 2.45. The zero-order chi connectivity index (χ0) is 12.3. The Bertz CT molecular complexity index is 245. The Kier molecular flexibility index (Phi) is 4.33. The molecular weight excluding hydrogens is 204 g/mol. The summed E-state index contributed by atoms with van der Waals surface area (Å²) in [7, 11) is 4.05. The molecule has 0 aliphatic carbocycles. The number of carbonyl (C=O) groups is 1. The molecule has 1 fully saturated rings. The van der Waals surface area contributed by atoms with Crippen molar-refractivity contribution in [2.75, 3.05) is 33.7 Å². The van der Waals surface area contributed by atoms with Crippen LogP contribution in [-0.2, 0) is 4.79 Å². The molecule has 1 heterocycles. The van der Waals surface area contributed by atoms with E-state index in [1.165, 1.54) is 12.8 Å². The summed E-state index contributed by atoms with van der Waals surface area (Å²) in [6.45, 7) is 6.68. The molecule has 0 spiro atoms. The van der Waals surface area contributed by atoms with E-state index >= 15 is 0 Å². The van der Waals surface area contributed by atoms with Gasteiger partial charge in [0.15, 0.2) is 0 Å². The zero-order valence-electron chi connectivity index (χ0n) is 10.9. The summed E-state index contributed by atoms with van der Waals surface area (Å²) in [5.74, 6) is -0.109. The van der Waals surface area contributed by atoms with Crippen molar-refractivity contribution in [3.05, 3.63) is 0 Å². The fraction of sp³-hybridized carbons (Fsp3) is 0.917. The normalized spacial score (nSPS) is 20.3. The van der Waals surface area contributed by atoms with Gasteiger partial charge in [-0.15, -0.1) is 0 Å². The first-order valence-corrected chi connectivity index (χ1v) is 5.97. The van der Waals surface area contributed by atoms with Gasteiger partial charge >= 0.3 is 5.97 Å². The van der Waals surface area contributed by atoms with Crippen LogP contribution in [-0.4, -0.2) is 60.1 Å². The maximum Gasteiger partial charge on any atom is 0.323 e. The smallest absolute Gasteiger partial charge is 0.323 e. The molecule has 1 rings (SSSR count). The third kappa shape index (κ3) is 3.19. The highest BCUT2D eigenvalue weighted by Gasteiger charge is 2.33. The van der Waals surface area contributed by atoms with E-state index in [1.807, 2.05) is 11.9 Å². The molecule has 0 aromatic carbocycles. The number of likely N-dealkylation sites (tertiary alicyclic amines) is 1. The van der Waals surface area contributed by atoms with Gasteiger partial charge in [-0.2, -0.15) is 0 Å². The van der Waals surface area contributed by atoms with Crippen LogP contribution in [0.25, 0.3) is 0 Å². The molecule has 0 unspecified atom stereocenters.